The number of aliphatic carboxylic acids is 1. The van der Waals surface area contributed by atoms with Crippen LogP contribution in [0, 0.1) is 0 Å². The Labute approximate surface area is 122 Å². The molecule has 2 aliphatic rings. The lowest BCUT2D eigenvalue weighted by Gasteiger charge is -2.36. The van der Waals surface area contributed by atoms with Crippen LogP contribution in [0.1, 0.15) is 17.2 Å². The molecular weight excluding hydrogens is 272 g/mol. The van der Waals surface area contributed by atoms with Crippen LogP contribution in [0.2, 0.25) is 0 Å². The Morgan fingerprint density at radius 1 is 1.43 bits per heavy atom. The molecule has 1 aromatic rings. The number of carboxylic acids is 1. The van der Waals surface area contributed by atoms with Crippen molar-refractivity contribution in [3.05, 3.63) is 35.4 Å². The summed E-state index contributed by atoms with van der Waals surface area (Å²) in [6, 6.07) is 7.34. The maximum absolute atomic E-state index is 11.5. The monoisotopic (exact) mass is 290 g/mol. The summed E-state index contributed by atoms with van der Waals surface area (Å²) in [4.78, 5) is 24.6. The van der Waals surface area contributed by atoms with Gasteiger partial charge in [0, 0.05) is 13.1 Å². The van der Waals surface area contributed by atoms with E-state index in [1.165, 1.54) is 5.56 Å². The topological polar surface area (TPSA) is 78.9 Å². The SMILES string of the molecule is O=C1CN(CC2OCCc3ccccc32)C(C(=O)O)CN1. The molecule has 6 heteroatoms. The van der Waals surface area contributed by atoms with Gasteiger partial charge in [-0.25, -0.2) is 0 Å². The summed E-state index contributed by atoms with van der Waals surface area (Å²) in [6.45, 7) is 1.28. The Morgan fingerprint density at radius 2 is 2.24 bits per heavy atom. The number of fused-ring (bicyclic) bond motifs is 1. The summed E-state index contributed by atoms with van der Waals surface area (Å²) in [7, 11) is 0. The molecule has 2 N–H and O–H groups in total. The minimum Gasteiger partial charge on any atom is -0.480 e. The fourth-order valence-electron chi connectivity index (χ4n) is 2.97. The number of nitrogens with one attached hydrogen (secondary N) is 1. The second-order valence-corrected chi connectivity index (χ2v) is 5.40. The summed E-state index contributed by atoms with van der Waals surface area (Å²) in [5.41, 5.74) is 2.33. The third-order valence-corrected chi connectivity index (χ3v) is 4.06. The first-order valence-electron chi connectivity index (χ1n) is 7.08. The van der Waals surface area contributed by atoms with Gasteiger partial charge in [0.25, 0.3) is 0 Å². The number of hydrogen-bond donors (Lipinski definition) is 2. The molecule has 2 aliphatic heterocycles. The second kappa shape index (κ2) is 5.83. The van der Waals surface area contributed by atoms with Crippen molar-refractivity contribution in [2.45, 2.75) is 18.6 Å². The molecule has 21 heavy (non-hydrogen) atoms. The first kappa shape index (κ1) is 14.0. The van der Waals surface area contributed by atoms with E-state index in [0.717, 1.165) is 12.0 Å². The maximum atomic E-state index is 11.5. The molecule has 1 saturated heterocycles. The largest absolute Gasteiger partial charge is 0.480 e. The number of amides is 1. The summed E-state index contributed by atoms with van der Waals surface area (Å²) in [6.07, 6.45) is 0.692. The Balaban J connectivity index is 1.79. The lowest BCUT2D eigenvalue weighted by molar-refractivity contribution is -0.147. The molecule has 112 valence electrons. The molecule has 1 fully saturated rings. The number of ether oxygens (including phenoxy) is 1. The standard InChI is InChI=1S/C15H18N2O4/c18-14-9-17(12(7-16-14)15(19)20)8-13-11-4-2-1-3-10(11)5-6-21-13/h1-4,12-13H,5-9H2,(H,16,18)(H,19,20). The van der Waals surface area contributed by atoms with Gasteiger partial charge in [0.2, 0.25) is 5.91 Å². The highest BCUT2D eigenvalue weighted by atomic mass is 16.5. The van der Waals surface area contributed by atoms with Crippen LogP contribution in [-0.2, 0) is 20.7 Å². The minimum atomic E-state index is -0.918. The van der Waals surface area contributed by atoms with E-state index in [0.29, 0.717) is 13.2 Å². The Hall–Kier alpha value is -1.92. The van der Waals surface area contributed by atoms with Crippen molar-refractivity contribution in [2.24, 2.45) is 0 Å². The number of carboxylic acid groups (broad SMARTS) is 1. The number of nitrogens with zero attached hydrogens (tertiary/aromatic N) is 1. The number of piperazine rings is 1. The summed E-state index contributed by atoms with van der Waals surface area (Å²) >= 11 is 0. The van der Waals surface area contributed by atoms with Gasteiger partial charge < -0.3 is 15.2 Å². The van der Waals surface area contributed by atoms with Gasteiger partial charge >= 0.3 is 5.97 Å². The molecule has 0 aromatic heterocycles. The van der Waals surface area contributed by atoms with Crippen LogP contribution in [0.25, 0.3) is 0 Å². The quantitative estimate of drug-likeness (QED) is 0.830. The number of carbonyl (C=O) groups is 2. The fourth-order valence-corrected chi connectivity index (χ4v) is 2.97. The molecule has 0 aliphatic carbocycles. The average Bonchev–Trinajstić information content (AvgIpc) is 2.47. The van der Waals surface area contributed by atoms with Crippen molar-refractivity contribution in [2.75, 3.05) is 26.2 Å². The molecule has 3 rings (SSSR count). The minimum absolute atomic E-state index is 0.0962. The fraction of sp³-hybridized carbons (Fsp3) is 0.467. The van der Waals surface area contributed by atoms with Crippen molar-refractivity contribution in [1.29, 1.82) is 0 Å². The number of benzene rings is 1. The van der Waals surface area contributed by atoms with Gasteiger partial charge in [-0.2, -0.15) is 0 Å². The van der Waals surface area contributed by atoms with E-state index in [2.05, 4.69) is 11.4 Å². The van der Waals surface area contributed by atoms with Crippen molar-refractivity contribution in [3.8, 4) is 0 Å². The van der Waals surface area contributed by atoms with Crippen molar-refractivity contribution in [1.82, 2.24) is 10.2 Å². The summed E-state index contributed by atoms with van der Waals surface area (Å²) < 4.78 is 5.80. The predicted molar refractivity (Wildman–Crippen MR) is 74.8 cm³/mol. The molecule has 2 heterocycles. The lowest BCUT2D eigenvalue weighted by atomic mass is 9.96. The Morgan fingerprint density at radius 3 is 3.05 bits per heavy atom. The second-order valence-electron chi connectivity index (χ2n) is 5.40. The smallest absolute Gasteiger partial charge is 0.322 e. The molecule has 0 bridgehead atoms. The third-order valence-electron chi connectivity index (χ3n) is 4.06. The maximum Gasteiger partial charge on any atom is 0.322 e. The van der Waals surface area contributed by atoms with Crippen LogP contribution in [-0.4, -0.2) is 54.2 Å². The van der Waals surface area contributed by atoms with Crippen molar-refractivity contribution in [3.63, 3.8) is 0 Å². The van der Waals surface area contributed by atoms with Gasteiger partial charge in [0.1, 0.15) is 6.04 Å². The number of rotatable bonds is 3. The first-order valence-corrected chi connectivity index (χ1v) is 7.08. The van der Waals surface area contributed by atoms with E-state index in [9.17, 15) is 14.7 Å². The first-order chi connectivity index (χ1) is 10.1. The molecule has 0 spiro atoms. The normalized spacial score (nSPS) is 26.0. The van der Waals surface area contributed by atoms with Crippen LogP contribution in [0.4, 0.5) is 0 Å². The highest BCUT2D eigenvalue weighted by molar-refractivity contribution is 5.83. The van der Waals surface area contributed by atoms with Gasteiger partial charge in [0.15, 0.2) is 0 Å². The van der Waals surface area contributed by atoms with Gasteiger partial charge in [-0.15, -0.1) is 0 Å². The van der Waals surface area contributed by atoms with Gasteiger partial charge in [-0.1, -0.05) is 24.3 Å². The molecule has 2 unspecified atom stereocenters. The van der Waals surface area contributed by atoms with Crippen LogP contribution in [0.5, 0.6) is 0 Å². The molecule has 0 saturated carbocycles. The van der Waals surface area contributed by atoms with Crippen LogP contribution in [0.3, 0.4) is 0 Å². The molecule has 2 atom stereocenters. The summed E-state index contributed by atoms with van der Waals surface area (Å²) in [5, 5.41) is 11.9. The molecule has 1 aromatic carbocycles. The van der Waals surface area contributed by atoms with Crippen molar-refractivity contribution < 1.29 is 19.4 Å². The highest BCUT2D eigenvalue weighted by Crippen LogP contribution is 2.28. The number of hydrogen-bond acceptors (Lipinski definition) is 4. The Bertz CT molecular complexity index is 560. The molecule has 0 radical (unpaired) electrons. The van der Waals surface area contributed by atoms with E-state index >= 15 is 0 Å². The van der Waals surface area contributed by atoms with E-state index in [-0.39, 0.29) is 25.1 Å². The van der Waals surface area contributed by atoms with E-state index in [1.54, 1.807) is 4.90 Å². The number of carbonyl (C=O) groups excluding carboxylic acids is 1. The zero-order chi connectivity index (χ0) is 14.8. The van der Waals surface area contributed by atoms with Crippen LogP contribution >= 0.6 is 0 Å². The zero-order valence-electron chi connectivity index (χ0n) is 11.6. The van der Waals surface area contributed by atoms with E-state index in [4.69, 9.17) is 4.74 Å². The van der Waals surface area contributed by atoms with Gasteiger partial charge in [0.05, 0.1) is 19.3 Å². The molecule has 6 nitrogen and oxygen atoms in total. The third kappa shape index (κ3) is 2.91. The summed E-state index contributed by atoms with van der Waals surface area (Å²) in [5.74, 6) is -1.06. The van der Waals surface area contributed by atoms with E-state index in [1.807, 2.05) is 18.2 Å². The average molecular weight is 290 g/mol. The van der Waals surface area contributed by atoms with E-state index < -0.39 is 12.0 Å². The Kier molecular flexibility index (Phi) is 3.90. The van der Waals surface area contributed by atoms with Crippen molar-refractivity contribution >= 4 is 11.9 Å². The molecular formula is C15H18N2O4. The van der Waals surface area contributed by atoms with Gasteiger partial charge in [-0.3, -0.25) is 14.5 Å². The van der Waals surface area contributed by atoms with Crippen LogP contribution in [0.15, 0.2) is 24.3 Å². The van der Waals surface area contributed by atoms with Gasteiger partial charge in [-0.05, 0) is 17.5 Å². The molecule has 1 amide bonds. The zero-order valence-corrected chi connectivity index (χ0v) is 11.6. The van der Waals surface area contributed by atoms with Crippen LogP contribution < -0.4 is 5.32 Å². The lowest BCUT2D eigenvalue weighted by Crippen LogP contribution is -2.58. The predicted octanol–water partition coefficient (Wildman–Crippen LogP) is 0.185. The highest BCUT2D eigenvalue weighted by Gasteiger charge is 2.34.